The van der Waals surface area contributed by atoms with E-state index in [2.05, 4.69) is 5.32 Å². The molecule has 1 aliphatic heterocycles. The molecule has 1 atom stereocenters. The molecule has 0 spiro atoms. The van der Waals surface area contributed by atoms with Gasteiger partial charge >= 0.3 is 0 Å². The Kier molecular flexibility index (Phi) is 8.98. The lowest BCUT2D eigenvalue weighted by Gasteiger charge is -2.24. The van der Waals surface area contributed by atoms with E-state index in [1.54, 1.807) is 36.1 Å². The molecule has 2 amide bonds. The fourth-order valence-corrected chi connectivity index (χ4v) is 5.87. The molecular weight excluding hydrogens is 546 g/mol. The predicted molar refractivity (Wildman–Crippen MR) is 150 cm³/mol. The van der Waals surface area contributed by atoms with Gasteiger partial charge in [-0.25, -0.2) is 13.5 Å². The van der Waals surface area contributed by atoms with Gasteiger partial charge in [-0.15, -0.1) is 11.8 Å². The molecule has 39 heavy (non-hydrogen) atoms. The Labute approximate surface area is 235 Å². The fraction of sp³-hybridized carbons (Fsp3) is 0.393. The Balaban J connectivity index is 1.93. The van der Waals surface area contributed by atoms with Crippen molar-refractivity contribution >= 4 is 41.0 Å². The molecule has 0 saturated carbocycles. The third-order valence-corrected chi connectivity index (χ3v) is 7.72. The third kappa shape index (κ3) is 6.45. The number of anilines is 1. The number of hydrogen-bond acceptors (Lipinski definition) is 5. The van der Waals surface area contributed by atoms with Crippen LogP contribution in [0.4, 0.5) is 14.6 Å². The monoisotopic (exact) mass is 576 g/mol. The molecule has 4 rings (SSSR count). The predicted octanol–water partition coefficient (Wildman–Crippen LogP) is 5.42. The number of amides is 2. The van der Waals surface area contributed by atoms with Crippen molar-refractivity contribution in [2.24, 2.45) is 0 Å². The number of halogens is 3. The van der Waals surface area contributed by atoms with Crippen LogP contribution in [-0.2, 0) is 19.7 Å². The zero-order chi connectivity index (χ0) is 28.3. The number of hydrogen-bond donors (Lipinski definition) is 1. The summed E-state index contributed by atoms with van der Waals surface area (Å²) in [6.07, 6.45) is 0.623. The zero-order valence-corrected chi connectivity index (χ0v) is 23.8. The van der Waals surface area contributed by atoms with Crippen molar-refractivity contribution in [1.82, 2.24) is 15.1 Å². The van der Waals surface area contributed by atoms with Crippen LogP contribution < -0.4 is 10.2 Å². The van der Waals surface area contributed by atoms with E-state index in [1.807, 2.05) is 20.8 Å². The highest BCUT2D eigenvalue weighted by molar-refractivity contribution is 8.00. The number of methoxy groups -OCH3 is 1. The maximum atomic E-state index is 15.2. The van der Waals surface area contributed by atoms with E-state index in [1.165, 1.54) is 28.8 Å². The normalized spacial score (nSPS) is 15.7. The molecule has 3 aromatic rings. The molecule has 2 aromatic carbocycles. The minimum atomic E-state index is -0.717. The second-order valence-electron chi connectivity index (χ2n) is 10.3. The summed E-state index contributed by atoms with van der Waals surface area (Å²) < 4.78 is 35.7. The number of thioether (sulfide) groups is 1. The number of ether oxygens (including phenoxy) is 1. The SMILES string of the molecule is COCCCNC(=O)CN1C(=O)CSC(c2ccc(F)cc2F)c2c(C(C)(C)C)nn(-c3cccc(Cl)c3)c21. The maximum absolute atomic E-state index is 15.2. The largest absolute Gasteiger partial charge is 0.385 e. The molecule has 0 saturated heterocycles. The molecule has 1 aliphatic rings. The number of aromatic nitrogens is 2. The second kappa shape index (κ2) is 12.1. The molecule has 2 heterocycles. The van der Waals surface area contributed by atoms with Crippen molar-refractivity contribution in [2.75, 3.05) is 37.5 Å². The Bertz CT molecular complexity index is 1380. The standard InChI is InChI=1S/C28H31ClF2N4O3S/c1-28(2,3)26-24-25(20-10-9-18(30)14-21(20)31)39-16-23(37)34(15-22(36)32-11-6-12-38-4)27(24)35(33-26)19-8-5-7-17(29)13-19/h5,7-10,13-14,25H,6,11-12,15-16H2,1-4H3,(H,32,36). The summed E-state index contributed by atoms with van der Waals surface area (Å²) in [5, 5.41) is 7.54. The van der Waals surface area contributed by atoms with Gasteiger partial charge in [0.05, 0.1) is 22.4 Å². The van der Waals surface area contributed by atoms with Crippen molar-refractivity contribution in [2.45, 2.75) is 37.9 Å². The number of rotatable bonds is 8. The Morgan fingerprint density at radius 3 is 2.67 bits per heavy atom. The van der Waals surface area contributed by atoms with E-state index >= 15 is 4.39 Å². The molecule has 0 fully saturated rings. The molecular formula is C28H31ClF2N4O3S. The maximum Gasteiger partial charge on any atom is 0.240 e. The lowest BCUT2D eigenvalue weighted by atomic mass is 9.87. The van der Waals surface area contributed by atoms with E-state index in [-0.39, 0.29) is 29.7 Å². The first kappa shape index (κ1) is 29.0. The molecule has 11 heteroatoms. The van der Waals surface area contributed by atoms with E-state index in [0.717, 1.165) is 6.07 Å². The first-order chi connectivity index (χ1) is 18.5. The Morgan fingerprint density at radius 1 is 1.23 bits per heavy atom. The third-order valence-electron chi connectivity index (χ3n) is 6.25. The van der Waals surface area contributed by atoms with E-state index < -0.39 is 22.3 Å². The van der Waals surface area contributed by atoms with E-state index in [0.29, 0.717) is 47.4 Å². The number of nitrogens with one attached hydrogen (secondary N) is 1. The summed E-state index contributed by atoms with van der Waals surface area (Å²) in [6.45, 7) is 6.54. The van der Waals surface area contributed by atoms with Gasteiger partial charge in [0.1, 0.15) is 24.0 Å². The minimum absolute atomic E-state index is 0.0216. The number of nitrogens with zero attached hydrogens (tertiary/aromatic N) is 3. The number of benzene rings is 2. The highest BCUT2D eigenvalue weighted by Crippen LogP contribution is 2.49. The van der Waals surface area contributed by atoms with Crippen LogP contribution in [-0.4, -0.2) is 54.2 Å². The summed E-state index contributed by atoms with van der Waals surface area (Å²) in [7, 11) is 1.58. The number of fused-ring (bicyclic) bond motifs is 1. The molecule has 1 unspecified atom stereocenters. The van der Waals surface area contributed by atoms with Crippen LogP contribution in [0.3, 0.4) is 0 Å². The zero-order valence-electron chi connectivity index (χ0n) is 22.3. The smallest absolute Gasteiger partial charge is 0.240 e. The van der Waals surface area contributed by atoms with Crippen molar-refractivity contribution in [3.05, 3.63) is 75.9 Å². The molecule has 1 aromatic heterocycles. The van der Waals surface area contributed by atoms with Crippen LogP contribution in [0.1, 0.15) is 49.3 Å². The Hall–Kier alpha value is -2.95. The van der Waals surface area contributed by atoms with Crippen molar-refractivity contribution in [3.63, 3.8) is 0 Å². The molecule has 1 N–H and O–H groups in total. The van der Waals surface area contributed by atoms with Crippen LogP contribution in [0.2, 0.25) is 5.02 Å². The van der Waals surface area contributed by atoms with Gasteiger partial charge < -0.3 is 10.1 Å². The summed E-state index contributed by atoms with van der Waals surface area (Å²) in [5.41, 5.74) is 1.51. The molecule has 208 valence electrons. The van der Waals surface area contributed by atoms with Crippen LogP contribution in [0.15, 0.2) is 42.5 Å². The lowest BCUT2D eigenvalue weighted by Crippen LogP contribution is -2.42. The topological polar surface area (TPSA) is 76.5 Å². The van der Waals surface area contributed by atoms with E-state index in [4.69, 9.17) is 21.4 Å². The highest BCUT2D eigenvalue weighted by atomic mass is 35.5. The lowest BCUT2D eigenvalue weighted by molar-refractivity contribution is -0.122. The first-order valence-corrected chi connectivity index (χ1v) is 14.0. The van der Waals surface area contributed by atoms with Gasteiger partial charge in [0.15, 0.2) is 0 Å². The summed E-state index contributed by atoms with van der Waals surface area (Å²) in [4.78, 5) is 28.0. The van der Waals surface area contributed by atoms with Gasteiger partial charge in [-0.1, -0.05) is 44.5 Å². The van der Waals surface area contributed by atoms with Crippen molar-refractivity contribution in [1.29, 1.82) is 0 Å². The van der Waals surface area contributed by atoms with Gasteiger partial charge in [0.2, 0.25) is 11.8 Å². The van der Waals surface area contributed by atoms with Gasteiger partial charge in [0, 0.05) is 47.9 Å². The average molecular weight is 577 g/mol. The molecule has 0 aliphatic carbocycles. The van der Waals surface area contributed by atoms with Gasteiger partial charge in [-0.05, 0) is 30.7 Å². The average Bonchev–Trinajstić information content (AvgIpc) is 3.21. The summed E-state index contributed by atoms with van der Waals surface area (Å²) in [5.74, 6) is -1.75. The summed E-state index contributed by atoms with van der Waals surface area (Å²) >= 11 is 7.54. The van der Waals surface area contributed by atoms with Crippen LogP contribution in [0.5, 0.6) is 0 Å². The van der Waals surface area contributed by atoms with Gasteiger partial charge in [-0.2, -0.15) is 5.10 Å². The van der Waals surface area contributed by atoms with Crippen molar-refractivity contribution < 1.29 is 23.1 Å². The highest BCUT2D eigenvalue weighted by Gasteiger charge is 2.40. The summed E-state index contributed by atoms with van der Waals surface area (Å²) in [6, 6.07) is 10.4. The van der Waals surface area contributed by atoms with Crippen LogP contribution >= 0.6 is 23.4 Å². The van der Waals surface area contributed by atoms with E-state index in [9.17, 15) is 14.0 Å². The first-order valence-electron chi connectivity index (χ1n) is 12.5. The molecule has 0 radical (unpaired) electrons. The number of carbonyl (C=O) groups is 2. The van der Waals surface area contributed by atoms with Crippen molar-refractivity contribution in [3.8, 4) is 5.69 Å². The molecule has 0 bridgehead atoms. The van der Waals surface area contributed by atoms with Gasteiger partial charge in [0.25, 0.3) is 0 Å². The second-order valence-corrected chi connectivity index (χ2v) is 11.8. The fourth-order valence-electron chi connectivity index (χ4n) is 4.46. The minimum Gasteiger partial charge on any atom is -0.385 e. The Morgan fingerprint density at radius 2 is 2.00 bits per heavy atom. The van der Waals surface area contributed by atoms with Crippen LogP contribution in [0.25, 0.3) is 5.69 Å². The van der Waals surface area contributed by atoms with Gasteiger partial charge in [-0.3, -0.25) is 14.5 Å². The number of carbonyl (C=O) groups excluding carboxylic acids is 2. The molecule has 7 nitrogen and oxygen atoms in total. The van der Waals surface area contributed by atoms with Crippen LogP contribution in [0, 0.1) is 11.6 Å². The quantitative estimate of drug-likeness (QED) is 0.362.